The van der Waals surface area contributed by atoms with Crippen LogP contribution in [0.4, 0.5) is 0 Å². The Morgan fingerprint density at radius 2 is 2.00 bits per heavy atom. The highest BCUT2D eigenvalue weighted by Crippen LogP contribution is 2.22. The van der Waals surface area contributed by atoms with E-state index in [9.17, 15) is 13.2 Å². The summed E-state index contributed by atoms with van der Waals surface area (Å²) in [5.74, 6) is -0.279. The summed E-state index contributed by atoms with van der Waals surface area (Å²) >= 11 is 1.17. The lowest BCUT2D eigenvalue weighted by Gasteiger charge is -2.14. The first kappa shape index (κ1) is 13.8. The summed E-state index contributed by atoms with van der Waals surface area (Å²) in [7, 11) is -3.30. The Bertz CT molecular complexity index is 623. The molecule has 19 heavy (non-hydrogen) atoms. The molecule has 1 aliphatic rings. The lowest BCUT2D eigenvalue weighted by Crippen LogP contribution is -2.40. The summed E-state index contributed by atoms with van der Waals surface area (Å²) in [5.41, 5.74) is -0.140. The first-order chi connectivity index (χ1) is 8.86. The number of hydrogen-bond donors (Lipinski definition) is 3. The summed E-state index contributed by atoms with van der Waals surface area (Å²) < 4.78 is 22.6. The number of benzene rings is 1. The van der Waals surface area contributed by atoms with Crippen LogP contribution in [-0.4, -0.2) is 31.2 Å². The first-order valence-corrected chi connectivity index (χ1v) is 8.12. The van der Waals surface area contributed by atoms with Crippen LogP contribution in [0.1, 0.15) is 10.4 Å². The van der Waals surface area contributed by atoms with Gasteiger partial charge in [0.25, 0.3) is 5.91 Å². The minimum atomic E-state index is -3.30. The Morgan fingerprint density at radius 3 is 2.53 bits per heavy atom. The Kier molecular flexibility index (Phi) is 3.72. The van der Waals surface area contributed by atoms with Gasteiger partial charge in [0.1, 0.15) is 10.8 Å². The predicted molar refractivity (Wildman–Crippen MR) is 73.0 cm³/mol. The minimum absolute atomic E-state index is 0.0749. The van der Waals surface area contributed by atoms with Crippen LogP contribution in [0.5, 0.6) is 5.75 Å². The fraction of sp³-hybridized carbons (Fsp3) is 0.182. The highest BCUT2D eigenvalue weighted by atomic mass is 32.2. The lowest BCUT2D eigenvalue weighted by atomic mass is 10.2. The monoisotopic (exact) mass is 300 g/mol. The third kappa shape index (κ3) is 3.42. The Labute approximate surface area is 114 Å². The highest BCUT2D eigenvalue weighted by Gasteiger charge is 2.24. The molecule has 0 aromatic heterocycles. The van der Waals surface area contributed by atoms with Crippen LogP contribution in [0.25, 0.3) is 0 Å². The van der Waals surface area contributed by atoms with Crippen LogP contribution in [-0.2, 0) is 9.84 Å². The second-order valence-electron chi connectivity index (χ2n) is 3.94. The van der Waals surface area contributed by atoms with Gasteiger partial charge in [0, 0.05) is 17.2 Å². The fourth-order valence-electron chi connectivity index (χ4n) is 1.41. The maximum atomic E-state index is 11.8. The molecule has 0 saturated carbocycles. The Balaban J connectivity index is 1.97. The van der Waals surface area contributed by atoms with Crippen molar-refractivity contribution in [1.29, 1.82) is 0 Å². The first-order valence-electron chi connectivity index (χ1n) is 5.28. The van der Waals surface area contributed by atoms with E-state index >= 15 is 0 Å². The maximum absolute atomic E-state index is 11.8. The number of hydrogen-bond acceptors (Lipinski definition) is 6. The van der Waals surface area contributed by atoms with Crippen molar-refractivity contribution < 1.29 is 18.3 Å². The molecule has 8 heteroatoms. The number of carbonyl (C=O) groups is 1. The van der Waals surface area contributed by atoms with Gasteiger partial charge in [0.2, 0.25) is 0 Å². The van der Waals surface area contributed by atoms with Crippen molar-refractivity contribution in [3.05, 3.63) is 40.3 Å². The van der Waals surface area contributed by atoms with Crippen molar-refractivity contribution in [2.45, 2.75) is 5.50 Å². The number of carbonyl (C=O) groups excluding carboxylic acids is 1. The zero-order chi connectivity index (χ0) is 14.0. The van der Waals surface area contributed by atoms with Crippen LogP contribution < -0.4 is 10.6 Å². The minimum Gasteiger partial charge on any atom is -0.508 e. The molecule has 1 aromatic carbocycles. The third-order valence-corrected chi connectivity index (χ3v) is 4.44. The Morgan fingerprint density at radius 1 is 1.37 bits per heavy atom. The van der Waals surface area contributed by atoms with Gasteiger partial charge in [0.05, 0.1) is 0 Å². The molecular formula is C11H12N2O4S2. The molecule has 0 radical (unpaired) electrons. The van der Waals surface area contributed by atoms with Crippen molar-refractivity contribution >= 4 is 27.5 Å². The SMILES string of the molecule is CS(=O)(=O)C1=CSC(NC(=O)c2ccc(O)cc2)N1. The molecule has 1 unspecified atom stereocenters. The highest BCUT2D eigenvalue weighted by molar-refractivity contribution is 8.04. The molecular weight excluding hydrogens is 288 g/mol. The molecule has 2 rings (SSSR count). The molecule has 0 bridgehead atoms. The van der Waals surface area contributed by atoms with Gasteiger partial charge in [-0.25, -0.2) is 8.42 Å². The van der Waals surface area contributed by atoms with Gasteiger partial charge in [0.15, 0.2) is 15.3 Å². The molecule has 0 spiro atoms. The number of rotatable bonds is 3. The molecule has 0 aliphatic carbocycles. The van der Waals surface area contributed by atoms with Crippen molar-refractivity contribution in [3.63, 3.8) is 0 Å². The summed E-state index contributed by atoms with van der Waals surface area (Å²) in [5, 5.41) is 16.0. The summed E-state index contributed by atoms with van der Waals surface area (Å²) in [4.78, 5) is 11.8. The molecule has 1 amide bonds. The average Bonchev–Trinajstić information content (AvgIpc) is 2.78. The molecule has 0 fully saturated rings. The van der Waals surface area contributed by atoms with Crippen molar-refractivity contribution in [2.24, 2.45) is 0 Å². The van der Waals surface area contributed by atoms with Crippen molar-refractivity contribution in [2.75, 3.05) is 6.26 Å². The van der Waals surface area contributed by atoms with E-state index in [2.05, 4.69) is 10.6 Å². The van der Waals surface area contributed by atoms with Gasteiger partial charge >= 0.3 is 0 Å². The van der Waals surface area contributed by atoms with Crippen LogP contribution in [0.2, 0.25) is 0 Å². The second-order valence-corrected chi connectivity index (χ2v) is 6.90. The number of nitrogens with one attached hydrogen (secondary N) is 2. The molecule has 6 nitrogen and oxygen atoms in total. The van der Waals surface area contributed by atoms with Crippen LogP contribution in [0.3, 0.4) is 0 Å². The topological polar surface area (TPSA) is 95.5 Å². The number of phenols is 1. The zero-order valence-corrected chi connectivity index (χ0v) is 11.6. The average molecular weight is 300 g/mol. The van der Waals surface area contributed by atoms with Crippen molar-refractivity contribution in [3.8, 4) is 5.75 Å². The molecule has 1 atom stereocenters. The largest absolute Gasteiger partial charge is 0.508 e. The van der Waals surface area contributed by atoms with Crippen LogP contribution in [0.15, 0.2) is 34.7 Å². The molecule has 1 heterocycles. The predicted octanol–water partition coefficient (Wildman–Crippen LogP) is 0.586. The number of sulfone groups is 1. The van der Waals surface area contributed by atoms with E-state index in [0.717, 1.165) is 6.26 Å². The van der Waals surface area contributed by atoms with E-state index in [1.807, 2.05) is 0 Å². The van der Waals surface area contributed by atoms with Gasteiger partial charge in [-0.3, -0.25) is 4.79 Å². The van der Waals surface area contributed by atoms with E-state index in [4.69, 9.17) is 5.11 Å². The maximum Gasteiger partial charge on any atom is 0.253 e. The van der Waals surface area contributed by atoms with E-state index in [-0.39, 0.29) is 16.7 Å². The summed E-state index contributed by atoms with van der Waals surface area (Å²) in [6, 6.07) is 5.78. The fourth-order valence-corrected chi connectivity index (χ4v) is 3.38. The van der Waals surface area contributed by atoms with E-state index in [1.165, 1.54) is 41.4 Å². The van der Waals surface area contributed by atoms with Gasteiger partial charge < -0.3 is 15.7 Å². The third-order valence-electron chi connectivity index (χ3n) is 2.38. The van der Waals surface area contributed by atoms with Crippen LogP contribution >= 0.6 is 11.8 Å². The van der Waals surface area contributed by atoms with Gasteiger partial charge in [-0.15, -0.1) is 0 Å². The standard InChI is InChI=1S/C11H12N2O4S2/c1-19(16,17)9-6-18-11(12-9)13-10(15)7-2-4-8(14)5-3-7/h2-6,11-12,14H,1H3,(H,13,15). The van der Waals surface area contributed by atoms with Crippen LogP contribution in [0, 0.1) is 0 Å². The normalized spacial score (nSPS) is 18.6. The van der Waals surface area contributed by atoms with E-state index in [1.54, 1.807) is 0 Å². The molecule has 0 saturated heterocycles. The summed E-state index contributed by atoms with van der Waals surface area (Å²) in [6.07, 6.45) is 1.09. The number of aromatic hydroxyl groups is 1. The van der Waals surface area contributed by atoms with Crippen molar-refractivity contribution in [1.82, 2.24) is 10.6 Å². The second kappa shape index (κ2) is 5.14. The van der Waals surface area contributed by atoms with Gasteiger partial charge in [-0.2, -0.15) is 0 Å². The quantitative estimate of drug-likeness (QED) is 0.756. The lowest BCUT2D eigenvalue weighted by molar-refractivity contribution is 0.0947. The number of phenolic OH excluding ortho intramolecular Hbond substituents is 1. The van der Waals surface area contributed by atoms with Gasteiger partial charge in [-0.05, 0) is 24.3 Å². The van der Waals surface area contributed by atoms with E-state index < -0.39 is 15.3 Å². The molecule has 3 N–H and O–H groups in total. The van der Waals surface area contributed by atoms with E-state index in [0.29, 0.717) is 5.56 Å². The number of amides is 1. The molecule has 1 aromatic rings. The Hall–Kier alpha value is -1.67. The molecule has 102 valence electrons. The van der Waals surface area contributed by atoms with Gasteiger partial charge in [-0.1, -0.05) is 11.8 Å². The summed E-state index contributed by atoms with van der Waals surface area (Å²) in [6.45, 7) is 0. The number of thioether (sulfide) groups is 1. The zero-order valence-electron chi connectivity index (χ0n) is 9.95. The smallest absolute Gasteiger partial charge is 0.253 e. The molecule has 1 aliphatic heterocycles.